The Hall–Kier alpha value is -3.84. The fourth-order valence-corrected chi connectivity index (χ4v) is 3.69. The first-order valence-electron chi connectivity index (χ1n) is 11.1. The van der Waals surface area contributed by atoms with Crippen LogP contribution in [0.3, 0.4) is 0 Å². The van der Waals surface area contributed by atoms with Gasteiger partial charge in [0.2, 0.25) is 5.91 Å². The summed E-state index contributed by atoms with van der Waals surface area (Å²) in [6.07, 6.45) is -0.359. The van der Waals surface area contributed by atoms with Crippen molar-refractivity contribution in [1.29, 1.82) is 0 Å². The molecule has 35 heavy (non-hydrogen) atoms. The predicted molar refractivity (Wildman–Crippen MR) is 133 cm³/mol. The van der Waals surface area contributed by atoms with Crippen molar-refractivity contribution in [3.05, 3.63) is 107 Å². The number of amides is 2. The average Bonchev–Trinajstić information content (AvgIpc) is 2.87. The molecule has 0 fully saturated rings. The van der Waals surface area contributed by atoms with Crippen molar-refractivity contribution in [2.45, 2.75) is 31.5 Å². The Kier molecular flexibility index (Phi) is 9.69. The molecule has 182 valence electrons. The minimum atomic E-state index is -0.979. The van der Waals surface area contributed by atoms with Crippen LogP contribution in [0, 0.1) is 0 Å². The van der Waals surface area contributed by atoms with Gasteiger partial charge in [-0.25, -0.2) is 9.59 Å². The topological polar surface area (TPSA) is 93.7 Å². The molecule has 2 N–H and O–H groups in total. The smallest absolute Gasteiger partial charge is 0.408 e. The van der Waals surface area contributed by atoms with Gasteiger partial charge in [0.1, 0.15) is 18.7 Å². The highest BCUT2D eigenvalue weighted by molar-refractivity contribution is 6.30. The molecular weight excluding hydrogens is 468 g/mol. The third-order valence-electron chi connectivity index (χ3n) is 5.24. The SMILES string of the molecule is COC(=O)[C@H](Cc1cccc(Cl)c1)NC(=O)[C@H](Cc1ccccc1)NC(=O)OCc1ccccc1. The van der Waals surface area contributed by atoms with Gasteiger partial charge in [0.05, 0.1) is 7.11 Å². The Morgan fingerprint density at radius 1 is 0.771 bits per heavy atom. The van der Waals surface area contributed by atoms with Gasteiger partial charge in [0.25, 0.3) is 0 Å². The van der Waals surface area contributed by atoms with Crippen LogP contribution in [0.2, 0.25) is 5.02 Å². The molecule has 0 aromatic heterocycles. The molecule has 2 atom stereocenters. The van der Waals surface area contributed by atoms with Gasteiger partial charge >= 0.3 is 12.1 Å². The van der Waals surface area contributed by atoms with Gasteiger partial charge in [-0.3, -0.25) is 4.79 Å². The number of alkyl carbamates (subject to hydrolysis) is 1. The van der Waals surface area contributed by atoms with Crippen LogP contribution >= 0.6 is 11.6 Å². The van der Waals surface area contributed by atoms with Crippen LogP contribution in [0.5, 0.6) is 0 Å². The molecule has 0 radical (unpaired) electrons. The van der Waals surface area contributed by atoms with Gasteiger partial charge in [-0.15, -0.1) is 0 Å². The summed E-state index contributed by atoms with van der Waals surface area (Å²) in [4.78, 5) is 38.2. The molecule has 0 unspecified atom stereocenters. The van der Waals surface area contributed by atoms with Crippen LogP contribution in [0.4, 0.5) is 4.79 Å². The molecule has 0 spiro atoms. The lowest BCUT2D eigenvalue weighted by atomic mass is 10.0. The van der Waals surface area contributed by atoms with E-state index in [1.54, 1.807) is 24.3 Å². The highest BCUT2D eigenvalue weighted by Crippen LogP contribution is 2.13. The van der Waals surface area contributed by atoms with Crippen molar-refractivity contribution in [2.75, 3.05) is 7.11 Å². The summed E-state index contributed by atoms with van der Waals surface area (Å²) in [5, 5.41) is 5.85. The molecule has 0 heterocycles. The fraction of sp³-hybridized carbons (Fsp3) is 0.222. The van der Waals surface area contributed by atoms with Gasteiger partial charge in [-0.05, 0) is 28.8 Å². The number of halogens is 1. The quantitative estimate of drug-likeness (QED) is 0.414. The summed E-state index contributed by atoms with van der Waals surface area (Å²) in [5.74, 6) is -1.15. The van der Waals surface area contributed by atoms with E-state index in [-0.39, 0.29) is 19.4 Å². The van der Waals surface area contributed by atoms with E-state index >= 15 is 0 Å². The van der Waals surface area contributed by atoms with Gasteiger partial charge in [0.15, 0.2) is 0 Å². The second-order valence-electron chi connectivity index (χ2n) is 7.87. The van der Waals surface area contributed by atoms with E-state index in [0.717, 1.165) is 16.7 Å². The van der Waals surface area contributed by atoms with E-state index < -0.39 is 30.1 Å². The van der Waals surface area contributed by atoms with Gasteiger partial charge in [-0.2, -0.15) is 0 Å². The highest BCUT2D eigenvalue weighted by atomic mass is 35.5. The number of carbonyl (C=O) groups excluding carboxylic acids is 3. The van der Waals surface area contributed by atoms with Crippen LogP contribution in [-0.4, -0.2) is 37.2 Å². The van der Waals surface area contributed by atoms with Crippen molar-refractivity contribution < 1.29 is 23.9 Å². The third-order valence-corrected chi connectivity index (χ3v) is 5.47. The number of nitrogens with one attached hydrogen (secondary N) is 2. The lowest BCUT2D eigenvalue weighted by molar-refractivity contribution is -0.145. The van der Waals surface area contributed by atoms with Crippen molar-refractivity contribution >= 4 is 29.6 Å². The number of ether oxygens (including phenoxy) is 2. The zero-order valence-corrected chi connectivity index (χ0v) is 20.0. The third kappa shape index (κ3) is 8.46. The van der Waals surface area contributed by atoms with Crippen LogP contribution < -0.4 is 10.6 Å². The minimum absolute atomic E-state index is 0.0614. The van der Waals surface area contributed by atoms with E-state index in [1.807, 2.05) is 60.7 Å². The molecule has 8 heteroatoms. The number of methoxy groups -OCH3 is 1. The molecular formula is C27H27ClN2O5. The first-order chi connectivity index (χ1) is 16.9. The zero-order valence-electron chi connectivity index (χ0n) is 19.3. The number of hydrogen-bond acceptors (Lipinski definition) is 5. The van der Waals surface area contributed by atoms with Crippen molar-refractivity contribution in [1.82, 2.24) is 10.6 Å². The Bertz CT molecular complexity index is 1120. The summed E-state index contributed by atoms with van der Waals surface area (Å²) in [7, 11) is 1.25. The van der Waals surface area contributed by atoms with Crippen LogP contribution in [0.15, 0.2) is 84.9 Å². The number of benzene rings is 3. The molecule has 0 aliphatic rings. The maximum absolute atomic E-state index is 13.2. The molecule has 3 rings (SSSR count). The fourth-order valence-electron chi connectivity index (χ4n) is 3.47. The molecule has 0 bridgehead atoms. The van der Waals surface area contributed by atoms with Gasteiger partial charge in [0, 0.05) is 17.9 Å². The largest absolute Gasteiger partial charge is 0.467 e. The maximum atomic E-state index is 13.2. The summed E-state index contributed by atoms with van der Waals surface area (Å²) in [6.45, 7) is 0.0614. The van der Waals surface area contributed by atoms with Crippen molar-refractivity contribution in [3.8, 4) is 0 Å². The molecule has 3 aromatic carbocycles. The Balaban J connectivity index is 1.71. The lowest BCUT2D eigenvalue weighted by Crippen LogP contribution is -2.53. The Morgan fingerprint density at radius 2 is 1.37 bits per heavy atom. The first-order valence-corrected chi connectivity index (χ1v) is 11.5. The number of esters is 1. The van der Waals surface area contributed by atoms with Crippen LogP contribution in [0.25, 0.3) is 0 Å². The number of carbonyl (C=O) groups is 3. The molecule has 7 nitrogen and oxygen atoms in total. The normalized spacial score (nSPS) is 12.2. The van der Waals surface area contributed by atoms with Crippen LogP contribution in [-0.2, 0) is 38.5 Å². The first kappa shape index (κ1) is 25.8. The molecule has 0 aliphatic heterocycles. The number of hydrogen-bond donors (Lipinski definition) is 2. The maximum Gasteiger partial charge on any atom is 0.408 e. The predicted octanol–water partition coefficient (Wildman–Crippen LogP) is 4.08. The number of rotatable bonds is 10. The molecule has 0 saturated carbocycles. The van der Waals surface area contributed by atoms with E-state index in [9.17, 15) is 14.4 Å². The summed E-state index contributed by atoms with van der Waals surface area (Å²) in [5.41, 5.74) is 2.41. The van der Waals surface area contributed by atoms with E-state index in [2.05, 4.69) is 10.6 Å². The Labute approximate surface area is 209 Å². The lowest BCUT2D eigenvalue weighted by Gasteiger charge is -2.22. The van der Waals surface area contributed by atoms with E-state index in [1.165, 1.54) is 7.11 Å². The molecule has 0 saturated heterocycles. The second-order valence-corrected chi connectivity index (χ2v) is 8.30. The molecule has 0 aliphatic carbocycles. The average molecular weight is 495 g/mol. The minimum Gasteiger partial charge on any atom is -0.467 e. The zero-order chi connectivity index (χ0) is 25.0. The second kappa shape index (κ2) is 13.2. The van der Waals surface area contributed by atoms with Crippen molar-refractivity contribution in [2.24, 2.45) is 0 Å². The standard InChI is InChI=1S/C27H27ClN2O5/c1-34-26(32)24(17-21-13-8-14-22(28)15-21)29-25(31)23(16-19-9-4-2-5-10-19)30-27(33)35-18-20-11-6-3-7-12-20/h2-15,23-24H,16-18H2,1H3,(H,29,31)(H,30,33)/t23-,24-/m0/s1. The monoisotopic (exact) mass is 494 g/mol. The van der Waals surface area contributed by atoms with E-state index in [4.69, 9.17) is 21.1 Å². The highest BCUT2D eigenvalue weighted by Gasteiger charge is 2.28. The van der Waals surface area contributed by atoms with Gasteiger partial charge in [-0.1, -0.05) is 84.4 Å². The van der Waals surface area contributed by atoms with E-state index in [0.29, 0.717) is 5.02 Å². The summed E-state index contributed by atoms with van der Waals surface area (Å²) in [6, 6.07) is 23.5. The molecule has 2 amide bonds. The van der Waals surface area contributed by atoms with Crippen LogP contribution in [0.1, 0.15) is 16.7 Å². The van der Waals surface area contributed by atoms with Crippen molar-refractivity contribution in [3.63, 3.8) is 0 Å². The van der Waals surface area contributed by atoms with Gasteiger partial charge < -0.3 is 20.1 Å². The summed E-state index contributed by atoms with van der Waals surface area (Å²) >= 11 is 6.05. The Morgan fingerprint density at radius 3 is 2.00 bits per heavy atom. The summed E-state index contributed by atoms with van der Waals surface area (Å²) < 4.78 is 10.2. The molecule has 3 aromatic rings.